The Morgan fingerprint density at radius 1 is 0.774 bits per heavy atom. The lowest BCUT2D eigenvalue weighted by Crippen LogP contribution is -2.04. The van der Waals surface area contributed by atoms with Crippen LogP contribution in [0.15, 0.2) is 91.4 Å². The molecule has 3 heterocycles. The summed E-state index contributed by atoms with van der Waals surface area (Å²) in [5.41, 5.74) is 4.27. The highest BCUT2D eigenvalue weighted by molar-refractivity contribution is 5.91. The van der Waals surface area contributed by atoms with Gasteiger partial charge in [0.05, 0.1) is 6.20 Å². The molecule has 0 unspecified atom stereocenters. The molecule has 3 aromatic heterocycles. The monoisotopic (exact) mass is 400 g/mol. The molecule has 6 heteroatoms. The van der Waals surface area contributed by atoms with Crippen molar-refractivity contribution in [3.8, 4) is 22.8 Å². The zero-order valence-electron chi connectivity index (χ0n) is 16.4. The number of hydrogen-bond donors (Lipinski definition) is 0. The number of fused-ring (bicyclic) bond motifs is 2. The Labute approximate surface area is 177 Å². The summed E-state index contributed by atoms with van der Waals surface area (Å²) in [5.74, 6) is 0.503. The van der Waals surface area contributed by atoms with Crippen molar-refractivity contribution in [2.75, 3.05) is 0 Å². The van der Waals surface area contributed by atoms with Gasteiger partial charge < -0.3 is 0 Å². The minimum atomic E-state index is 0.503. The number of hydrogen-bond acceptors (Lipinski definition) is 5. The molecule has 0 fully saturated rings. The van der Waals surface area contributed by atoms with Crippen LogP contribution >= 0.6 is 0 Å². The first-order chi connectivity index (χ1) is 15.4. The number of aromatic nitrogens is 6. The molecule has 146 valence electrons. The standard InChI is InChI=1S/C25H16N6/c1-2-8-18(9-3-1)23-21(15-19-11-6-10-17-7-4-5-12-20(17)19)25-28-24(30-31(25)29-23)22-16-26-13-14-27-22/h1-16H. The Balaban J connectivity index is 1.65. The maximum Gasteiger partial charge on any atom is 0.204 e. The second-order valence-corrected chi connectivity index (χ2v) is 7.18. The number of nitrogens with zero attached hydrogens (tertiary/aromatic N) is 6. The quantitative estimate of drug-likeness (QED) is 0.450. The lowest BCUT2D eigenvalue weighted by Gasteiger charge is -2.02. The molecule has 0 atom stereocenters. The van der Waals surface area contributed by atoms with Crippen LogP contribution in [-0.4, -0.2) is 29.8 Å². The van der Waals surface area contributed by atoms with Crippen LogP contribution in [0.4, 0.5) is 0 Å². The van der Waals surface area contributed by atoms with Crippen LogP contribution in [0.25, 0.3) is 45.3 Å². The summed E-state index contributed by atoms with van der Waals surface area (Å²) in [6.45, 7) is 0. The SMILES string of the molecule is C(c1cccc2ccccc12)=c1c(-c2ccccc2)nn2nc(-c3cnccn3)nc12. The Bertz CT molecular complexity index is 1570. The first kappa shape index (κ1) is 17.4. The second-order valence-electron chi connectivity index (χ2n) is 7.18. The zero-order valence-corrected chi connectivity index (χ0v) is 16.4. The average molecular weight is 400 g/mol. The summed E-state index contributed by atoms with van der Waals surface area (Å²) in [7, 11) is 0. The molecular formula is C25H16N6. The van der Waals surface area contributed by atoms with E-state index >= 15 is 0 Å². The summed E-state index contributed by atoms with van der Waals surface area (Å²) in [6.07, 6.45) is 7.06. The fourth-order valence-corrected chi connectivity index (χ4v) is 3.79. The van der Waals surface area contributed by atoms with Crippen molar-refractivity contribution in [1.29, 1.82) is 0 Å². The Hall–Kier alpha value is -4.45. The van der Waals surface area contributed by atoms with E-state index in [1.54, 1.807) is 23.2 Å². The lowest BCUT2D eigenvalue weighted by atomic mass is 10.0. The minimum absolute atomic E-state index is 0.503. The average Bonchev–Trinajstić information content (AvgIpc) is 3.40. The highest BCUT2D eigenvalue weighted by Crippen LogP contribution is 2.21. The highest BCUT2D eigenvalue weighted by Gasteiger charge is 2.16. The van der Waals surface area contributed by atoms with Gasteiger partial charge in [-0.3, -0.25) is 4.98 Å². The van der Waals surface area contributed by atoms with Gasteiger partial charge in [-0.05, 0) is 22.4 Å². The first-order valence-electron chi connectivity index (χ1n) is 9.95. The van der Waals surface area contributed by atoms with Crippen molar-refractivity contribution < 1.29 is 0 Å². The van der Waals surface area contributed by atoms with E-state index in [4.69, 9.17) is 10.1 Å². The van der Waals surface area contributed by atoms with Gasteiger partial charge in [-0.15, -0.1) is 14.8 Å². The normalized spacial score (nSPS) is 12.1. The van der Waals surface area contributed by atoms with E-state index in [0.29, 0.717) is 17.2 Å². The second kappa shape index (κ2) is 7.11. The van der Waals surface area contributed by atoms with Gasteiger partial charge in [0.15, 0.2) is 5.65 Å². The number of rotatable bonds is 3. The van der Waals surface area contributed by atoms with Gasteiger partial charge in [0.2, 0.25) is 5.82 Å². The third-order valence-corrected chi connectivity index (χ3v) is 5.24. The topological polar surface area (TPSA) is 68.9 Å². The summed E-state index contributed by atoms with van der Waals surface area (Å²) < 4.78 is 1.59. The van der Waals surface area contributed by atoms with Crippen molar-refractivity contribution in [2.45, 2.75) is 0 Å². The molecule has 0 spiro atoms. The fraction of sp³-hybridized carbons (Fsp3) is 0. The van der Waals surface area contributed by atoms with Gasteiger partial charge in [0.25, 0.3) is 0 Å². The zero-order chi connectivity index (χ0) is 20.6. The van der Waals surface area contributed by atoms with Crippen LogP contribution in [0.2, 0.25) is 0 Å². The summed E-state index contributed by atoms with van der Waals surface area (Å²) >= 11 is 0. The first-order valence-corrected chi connectivity index (χ1v) is 9.95. The molecule has 0 N–H and O–H groups in total. The summed E-state index contributed by atoms with van der Waals surface area (Å²) in [4.78, 5) is 13.2. The van der Waals surface area contributed by atoms with Gasteiger partial charge in [0, 0.05) is 23.2 Å². The van der Waals surface area contributed by atoms with E-state index in [0.717, 1.165) is 22.0 Å². The van der Waals surface area contributed by atoms with Gasteiger partial charge in [-0.2, -0.15) is 0 Å². The van der Waals surface area contributed by atoms with Crippen LogP contribution in [0, 0.1) is 0 Å². The molecule has 6 aromatic rings. The maximum atomic E-state index is 4.77. The van der Waals surface area contributed by atoms with Crippen molar-refractivity contribution in [1.82, 2.24) is 29.8 Å². The summed E-state index contributed by atoms with van der Waals surface area (Å²) in [6, 6.07) is 24.8. The molecule has 0 aliphatic heterocycles. The summed E-state index contributed by atoms with van der Waals surface area (Å²) in [5, 5.41) is 12.6. The Morgan fingerprint density at radius 2 is 1.61 bits per heavy atom. The molecule has 0 bridgehead atoms. The van der Waals surface area contributed by atoms with Crippen molar-refractivity contribution >= 4 is 22.5 Å². The molecule has 0 aliphatic carbocycles. The molecule has 0 aliphatic rings. The van der Waals surface area contributed by atoms with Crippen LogP contribution < -0.4 is 5.22 Å². The van der Waals surface area contributed by atoms with E-state index < -0.39 is 0 Å². The predicted octanol–water partition coefficient (Wildman–Crippen LogP) is 3.95. The molecule has 0 saturated heterocycles. The molecule has 0 radical (unpaired) electrons. The van der Waals surface area contributed by atoms with Crippen molar-refractivity contribution in [3.05, 3.63) is 102 Å². The van der Waals surface area contributed by atoms with Gasteiger partial charge in [-0.1, -0.05) is 72.8 Å². The largest absolute Gasteiger partial charge is 0.261 e. The van der Waals surface area contributed by atoms with Crippen LogP contribution in [0.3, 0.4) is 0 Å². The van der Waals surface area contributed by atoms with Gasteiger partial charge >= 0.3 is 0 Å². The van der Waals surface area contributed by atoms with Crippen molar-refractivity contribution in [2.24, 2.45) is 0 Å². The van der Waals surface area contributed by atoms with E-state index in [-0.39, 0.29) is 0 Å². The lowest BCUT2D eigenvalue weighted by molar-refractivity contribution is 0.826. The molecule has 31 heavy (non-hydrogen) atoms. The van der Waals surface area contributed by atoms with Crippen molar-refractivity contribution in [3.63, 3.8) is 0 Å². The predicted molar refractivity (Wildman–Crippen MR) is 120 cm³/mol. The third-order valence-electron chi connectivity index (χ3n) is 5.24. The molecule has 6 nitrogen and oxygen atoms in total. The smallest absolute Gasteiger partial charge is 0.204 e. The highest BCUT2D eigenvalue weighted by atomic mass is 15.5. The van der Waals surface area contributed by atoms with Crippen LogP contribution in [0.1, 0.15) is 5.56 Å². The van der Waals surface area contributed by atoms with E-state index in [9.17, 15) is 0 Å². The third kappa shape index (κ3) is 3.02. The van der Waals surface area contributed by atoms with E-state index in [2.05, 4.69) is 63.6 Å². The fourth-order valence-electron chi connectivity index (χ4n) is 3.79. The molecule has 3 aromatic carbocycles. The molecule has 0 saturated carbocycles. The number of benzene rings is 3. The molecule has 6 rings (SSSR count). The van der Waals surface area contributed by atoms with Gasteiger partial charge in [0.1, 0.15) is 11.4 Å². The maximum absolute atomic E-state index is 4.77. The van der Waals surface area contributed by atoms with Crippen LogP contribution in [-0.2, 0) is 0 Å². The van der Waals surface area contributed by atoms with Crippen LogP contribution in [0.5, 0.6) is 0 Å². The molecule has 0 amide bonds. The van der Waals surface area contributed by atoms with E-state index in [1.807, 2.05) is 30.3 Å². The minimum Gasteiger partial charge on any atom is -0.261 e. The molecular weight excluding hydrogens is 384 g/mol. The Morgan fingerprint density at radius 3 is 2.48 bits per heavy atom. The van der Waals surface area contributed by atoms with E-state index in [1.165, 1.54) is 10.8 Å². The Kier molecular flexibility index (Phi) is 3.99. The van der Waals surface area contributed by atoms with Gasteiger partial charge in [-0.25, -0.2) is 9.97 Å².